The van der Waals surface area contributed by atoms with Gasteiger partial charge in [0.25, 0.3) is 0 Å². The average molecular weight is 419 g/mol. The summed E-state index contributed by atoms with van der Waals surface area (Å²) in [6, 6.07) is 9.52. The molecule has 1 atom stereocenters. The van der Waals surface area contributed by atoms with Gasteiger partial charge in [-0.05, 0) is 18.9 Å². The van der Waals surface area contributed by atoms with Crippen molar-refractivity contribution in [1.82, 2.24) is 19.7 Å². The first-order chi connectivity index (χ1) is 15.0. The Bertz CT molecular complexity index is 1070. The van der Waals surface area contributed by atoms with Crippen LogP contribution in [0.5, 0.6) is 0 Å². The molecule has 2 aromatic heterocycles. The van der Waals surface area contributed by atoms with Crippen molar-refractivity contribution in [3.05, 3.63) is 54.0 Å². The fraction of sp³-hybridized carbons (Fsp3) is 0.348. The van der Waals surface area contributed by atoms with Crippen molar-refractivity contribution in [3.8, 4) is 17.3 Å². The van der Waals surface area contributed by atoms with E-state index in [4.69, 9.17) is 5.11 Å². The lowest BCUT2D eigenvalue weighted by Gasteiger charge is -2.10. The molecule has 1 aromatic carbocycles. The molecule has 3 aromatic rings. The molecular weight excluding hydrogens is 392 g/mol. The molecule has 0 amide bonds. The number of benzene rings is 1. The summed E-state index contributed by atoms with van der Waals surface area (Å²) in [5, 5.41) is 25.5. The highest BCUT2D eigenvalue weighted by Gasteiger charge is 2.15. The van der Waals surface area contributed by atoms with Crippen molar-refractivity contribution in [2.24, 2.45) is 5.92 Å². The fourth-order valence-corrected chi connectivity index (χ4v) is 3.29. The largest absolute Gasteiger partial charge is 0.394 e. The lowest BCUT2D eigenvalue weighted by Crippen LogP contribution is -2.07. The van der Waals surface area contributed by atoms with Crippen LogP contribution in [-0.2, 0) is 6.54 Å². The molecule has 3 rings (SSSR count). The van der Waals surface area contributed by atoms with E-state index in [9.17, 15) is 10.1 Å². The third kappa shape index (κ3) is 5.74. The van der Waals surface area contributed by atoms with Gasteiger partial charge in [0.15, 0.2) is 5.78 Å². The standard InChI is InChI=1S/C23H26N6O2/c1-3-4-17(12-24)11-21(31)18-5-7-19(8-6-18)22-16(2)13-25-23(28-22)27-20-14-26-29(15-20)9-10-30/h5-8,13-15,17,30H,3-4,9-11H2,1-2H3,(H,25,27,28)/t17-/m1/s1. The molecule has 0 bridgehead atoms. The third-order valence-corrected chi connectivity index (χ3v) is 4.92. The van der Waals surface area contributed by atoms with Crippen LogP contribution < -0.4 is 5.32 Å². The van der Waals surface area contributed by atoms with E-state index in [1.165, 1.54) is 0 Å². The van der Waals surface area contributed by atoms with Gasteiger partial charge in [0, 0.05) is 29.9 Å². The van der Waals surface area contributed by atoms with Gasteiger partial charge in [-0.25, -0.2) is 9.97 Å². The molecule has 0 fully saturated rings. The summed E-state index contributed by atoms with van der Waals surface area (Å²) in [4.78, 5) is 21.4. The minimum absolute atomic E-state index is 0.0145. The SMILES string of the molecule is CCC[C@@H](C#N)CC(=O)c1ccc(-c2nc(Nc3cnn(CCO)c3)ncc2C)cc1. The molecule has 2 N–H and O–H groups in total. The number of anilines is 2. The van der Waals surface area contributed by atoms with Gasteiger partial charge in [-0.3, -0.25) is 9.48 Å². The Morgan fingerprint density at radius 3 is 2.74 bits per heavy atom. The molecule has 0 unspecified atom stereocenters. The normalized spacial score (nSPS) is 11.7. The monoisotopic (exact) mass is 418 g/mol. The summed E-state index contributed by atoms with van der Waals surface area (Å²) < 4.78 is 1.63. The van der Waals surface area contributed by atoms with E-state index in [0.29, 0.717) is 18.1 Å². The van der Waals surface area contributed by atoms with Crippen LogP contribution in [0.3, 0.4) is 0 Å². The van der Waals surface area contributed by atoms with Crippen LogP contribution in [0.25, 0.3) is 11.3 Å². The number of hydrogen-bond donors (Lipinski definition) is 2. The van der Waals surface area contributed by atoms with Crippen LogP contribution in [0.4, 0.5) is 11.6 Å². The Balaban J connectivity index is 1.75. The van der Waals surface area contributed by atoms with Crippen molar-refractivity contribution >= 4 is 17.4 Å². The number of hydrogen-bond acceptors (Lipinski definition) is 7. The number of ketones is 1. The second-order valence-electron chi connectivity index (χ2n) is 7.39. The number of nitriles is 1. The Morgan fingerprint density at radius 1 is 1.29 bits per heavy atom. The maximum Gasteiger partial charge on any atom is 0.227 e. The Hall–Kier alpha value is -3.57. The number of aliphatic hydroxyl groups excluding tert-OH is 1. The Kier molecular flexibility index (Phi) is 7.46. The van der Waals surface area contributed by atoms with E-state index in [2.05, 4.69) is 26.5 Å². The van der Waals surface area contributed by atoms with Gasteiger partial charge in [-0.2, -0.15) is 10.4 Å². The maximum absolute atomic E-state index is 12.5. The molecule has 0 saturated carbocycles. The van der Waals surface area contributed by atoms with Gasteiger partial charge in [0.2, 0.25) is 5.95 Å². The van der Waals surface area contributed by atoms with Crippen LogP contribution in [-0.4, -0.2) is 37.2 Å². The molecule has 0 saturated heterocycles. The van der Waals surface area contributed by atoms with E-state index in [-0.39, 0.29) is 24.7 Å². The average Bonchev–Trinajstić information content (AvgIpc) is 3.22. The van der Waals surface area contributed by atoms with E-state index < -0.39 is 0 Å². The Labute approximate surface area is 181 Å². The number of nitrogens with one attached hydrogen (secondary N) is 1. The van der Waals surface area contributed by atoms with E-state index in [0.717, 1.165) is 35.3 Å². The number of Topliss-reactive ketones (excluding diaryl/α,β-unsaturated/α-hetero) is 1. The van der Waals surface area contributed by atoms with Crippen molar-refractivity contribution in [3.63, 3.8) is 0 Å². The Morgan fingerprint density at radius 2 is 2.06 bits per heavy atom. The van der Waals surface area contributed by atoms with E-state index >= 15 is 0 Å². The zero-order valence-corrected chi connectivity index (χ0v) is 17.7. The van der Waals surface area contributed by atoms with Gasteiger partial charge in [-0.15, -0.1) is 0 Å². The van der Waals surface area contributed by atoms with Crippen LogP contribution >= 0.6 is 0 Å². The van der Waals surface area contributed by atoms with E-state index in [1.807, 2.05) is 26.0 Å². The first-order valence-corrected chi connectivity index (χ1v) is 10.3. The highest BCUT2D eigenvalue weighted by molar-refractivity contribution is 5.96. The fourth-order valence-electron chi connectivity index (χ4n) is 3.29. The highest BCUT2D eigenvalue weighted by Crippen LogP contribution is 2.24. The first kappa shape index (κ1) is 22.1. The van der Waals surface area contributed by atoms with Gasteiger partial charge < -0.3 is 10.4 Å². The minimum atomic E-state index is -0.239. The predicted molar refractivity (Wildman–Crippen MR) is 118 cm³/mol. The lowest BCUT2D eigenvalue weighted by atomic mass is 9.95. The second-order valence-corrected chi connectivity index (χ2v) is 7.39. The van der Waals surface area contributed by atoms with Gasteiger partial charge in [0.1, 0.15) is 0 Å². The summed E-state index contributed by atoms with van der Waals surface area (Å²) in [6.45, 7) is 4.37. The number of aryl methyl sites for hydroxylation is 1. The number of nitrogens with zero attached hydrogens (tertiary/aromatic N) is 5. The number of aromatic nitrogens is 4. The molecule has 0 aliphatic rings. The van der Waals surface area contributed by atoms with Gasteiger partial charge in [0.05, 0.1) is 42.7 Å². The molecule has 2 heterocycles. The summed E-state index contributed by atoms with van der Waals surface area (Å²) >= 11 is 0. The topological polar surface area (TPSA) is 117 Å². The third-order valence-electron chi connectivity index (χ3n) is 4.92. The molecule has 0 aliphatic heterocycles. The first-order valence-electron chi connectivity index (χ1n) is 10.3. The highest BCUT2D eigenvalue weighted by atomic mass is 16.3. The van der Waals surface area contributed by atoms with Crippen molar-refractivity contribution < 1.29 is 9.90 Å². The number of rotatable bonds is 10. The van der Waals surface area contributed by atoms with Crippen LogP contribution in [0, 0.1) is 24.2 Å². The maximum atomic E-state index is 12.5. The summed E-state index contributed by atoms with van der Waals surface area (Å²) in [6.07, 6.45) is 7.02. The molecule has 31 heavy (non-hydrogen) atoms. The molecule has 8 heteroatoms. The van der Waals surface area contributed by atoms with Gasteiger partial charge in [-0.1, -0.05) is 37.6 Å². The van der Waals surface area contributed by atoms with Crippen molar-refractivity contribution in [1.29, 1.82) is 5.26 Å². The van der Waals surface area contributed by atoms with Crippen molar-refractivity contribution in [2.45, 2.75) is 39.7 Å². The zero-order chi connectivity index (χ0) is 22.2. The quantitative estimate of drug-likeness (QED) is 0.480. The number of carbonyl (C=O) groups excluding carboxylic acids is 1. The second kappa shape index (κ2) is 10.5. The predicted octanol–water partition coefficient (Wildman–Crippen LogP) is 3.90. The lowest BCUT2D eigenvalue weighted by molar-refractivity contribution is 0.0968. The molecule has 0 radical (unpaired) electrons. The number of carbonyl (C=O) groups is 1. The van der Waals surface area contributed by atoms with Crippen LogP contribution in [0.1, 0.15) is 42.1 Å². The minimum Gasteiger partial charge on any atom is -0.394 e. The number of aliphatic hydroxyl groups is 1. The molecule has 8 nitrogen and oxygen atoms in total. The van der Waals surface area contributed by atoms with E-state index in [1.54, 1.807) is 35.4 Å². The summed E-state index contributed by atoms with van der Waals surface area (Å²) in [5.41, 5.74) is 3.87. The van der Waals surface area contributed by atoms with Gasteiger partial charge >= 0.3 is 0 Å². The van der Waals surface area contributed by atoms with Crippen LogP contribution in [0.2, 0.25) is 0 Å². The molecular formula is C23H26N6O2. The smallest absolute Gasteiger partial charge is 0.227 e. The van der Waals surface area contributed by atoms with Crippen molar-refractivity contribution in [2.75, 3.05) is 11.9 Å². The van der Waals surface area contributed by atoms with Crippen LogP contribution in [0.15, 0.2) is 42.9 Å². The molecule has 160 valence electrons. The summed E-state index contributed by atoms with van der Waals surface area (Å²) in [5.74, 6) is 0.172. The summed E-state index contributed by atoms with van der Waals surface area (Å²) in [7, 11) is 0. The zero-order valence-electron chi connectivity index (χ0n) is 17.7. The molecule has 0 spiro atoms. The molecule has 0 aliphatic carbocycles.